The summed E-state index contributed by atoms with van der Waals surface area (Å²) in [4.78, 5) is 30.0. The second-order valence-electron chi connectivity index (χ2n) is 7.70. The number of thiazole rings is 1. The largest absolute Gasteiger partial charge is 0.457 e. The smallest absolute Gasteiger partial charge is 0.217 e. The Labute approximate surface area is 187 Å². The summed E-state index contributed by atoms with van der Waals surface area (Å²) < 4.78 is 5.92. The van der Waals surface area contributed by atoms with Gasteiger partial charge in [0.1, 0.15) is 16.5 Å². The fourth-order valence-corrected chi connectivity index (χ4v) is 4.27. The normalized spacial score (nSPS) is 11.2. The molecule has 2 aromatic carbocycles. The Balaban J connectivity index is 1.65. The van der Waals surface area contributed by atoms with Crippen LogP contribution in [0.25, 0.3) is 10.6 Å². The molecule has 162 valence electrons. The highest BCUT2D eigenvalue weighted by molar-refractivity contribution is 7.14. The minimum atomic E-state index is -0.504. The van der Waals surface area contributed by atoms with Crippen LogP contribution in [0, 0.1) is 6.92 Å². The predicted molar refractivity (Wildman–Crippen MR) is 125 cm³/mol. The van der Waals surface area contributed by atoms with Crippen molar-refractivity contribution in [1.82, 2.24) is 10.3 Å². The van der Waals surface area contributed by atoms with Crippen LogP contribution >= 0.6 is 11.3 Å². The molecule has 3 rings (SSSR count). The van der Waals surface area contributed by atoms with Gasteiger partial charge in [0.15, 0.2) is 5.78 Å². The van der Waals surface area contributed by atoms with Crippen molar-refractivity contribution >= 4 is 23.0 Å². The van der Waals surface area contributed by atoms with E-state index in [9.17, 15) is 9.59 Å². The van der Waals surface area contributed by atoms with Gasteiger partial charge in [-0.3, -0.25) is 9.59 Å². The molecule has 1 aromatic heterocycles. The Hall–Kier alpha value is -2.99. The zero-order valence-electron chi connectivity index (χ0n) is 18.4. The molecule has 0 aliphatic rings. The van der Waals surface area contributed by atoms with Crippen LogP contribution < -0.4 is 10.1 Å². The number of aromatic nitrogens is 1. The molecule has 1 amide bonds. The third-order valence-electron chi connectivity index (χ3n) is 5.43. The van der Waals surface area contributed by atoms with Crippen molar-refractivity contribution in [2.45, 2.75) is 52.5 Å². The Bertz CT molecular complexity index is 1040. The van der Waals surface area contributed by atoms with Crippen LogP contribution in [0.3, 0.4) is 0 Å². The van der Waals surface area contributed by atoms with E-state index in [0.29, 0.717) is 24.2 Å². The first-order valence-corrected chi connectivity index (χ1v) is 11.3. The maximum absolute atomic E-state index is 12.8. The lowest BCUT2D eigenvalue weighted by Crippen LogP contribution is -2.48. The van der Waals surface area contributed by atoms with Gasteiger partial charge in [-0.2, -0.15) is 0 Å². The molecule has 1 heterocycles. The van der Waals surface area contributed by atoms with Crippen LogP contribution in [0.15, 0.2) is 54.7 Å². The molecule has 0 aliphatic carbocycles. The maximum Gasteiger partial charge on any atom is 0.217 e. The quantitative estimate of drug-likeness (QED) is 0.407. The molecule has 0 saturated carbocycles. The summed E-state index contributed by atoms with van der Waals surface area (Å²) in [5, 5.41) is 3.95. The van der Waals surface area contributed by atoms with Gasteiger partial charge >= 0.3 is 0 Å². The first-order chi connectivity index (χ1) is 14.8. The highest BCUT2D eigenvalue weighted by Gasteiger charge is 2.30. The predicted octanol–water partition coefficient (Wildman–Crippen LogP) is 6.18. The summed E-state index contributed by atoms with van der Waals surface area (Å²) >= 11 is 1.66. The molecule has 0 atom stereocenters. The fraction of sp³-hybridized carbons (Fsp3) is 0.320. The van der Waals surface area contributed by atoms with Crippen molar-refractivity contribution in [3.05, 3.63) is 65.2 Å². The number of aryl methyl sites for hydroxylation is 1. The number of amides is 1. The van der Waals surface area contributed by atoms with Crippen molar-refractivity contribution in [2.75, 3.05) is 0 Å². The highest BCUT2D eigenvalue weighted by atomic mass is 32.1. The van der Waals surface area contributed by atoms with Crippen molar-refractivity contribution in [2.24, 2.45) is 0 Å². The summed E-state index contributed by atoms with van der Waals surface area (Å²) in [6.07, 6.45) is 3.55. The molecule has 0 bridgehead atoms. The number of rotatable bonds is 9. The van der Waals surface area contributed by atoms with Crippen LogP contribution in [-0.2, 0) is 4.79 Å². The first-order valence-electron chi connectivity index (χ1n) is 10.5. The molecular weight excluding hydrogens is 408 g/mol. The monoisotopic (exact) mass is 436 g/mol. The SMILES string of the molecule is CCC(CC)(CC(=O)c1ccc(Oc2ccc(-c3ncc(C)s3)cc2)cc1)NC(C)=O. The Kier molecular flexibility index (Phi) is 7.23. The van der Waals surface area contributed by atoms with Crippen molar-refractivity contribution in [1.29, 1.82) is 0 Å². The van der Waals surface area contributed by atoms with Crippen LogP contribution in [0.5, 0.6) is 11.5 Å². The molecule has 0 spiro atoms. The average molecular weight is 437 g/mol. The molecule has 31 heavy (non-hydrogen) atoms. The molecule has 0 radical (unpaired) electrons. The van der Waals surface area contributed by atoms with Crippen molar-refractivity contribution in [3.8, 4) is 22.1 Å². The van der Waals surface area contributed by atoms with Gasteiger partial charge in [0.2, 0.25) is 5.91 Å². The number of carbonyl (C=O) groups is 2. The van der Waals surface area contributed by atoms with Crippen molar-refractivity contribution in [3.63, 3.8) is 0 Å². The van der Waals surface area contributed by atoms with E-state index in [1.165, 1.54) is 11.8 Å². The van der Waals surface area contributed by atoms with Gasteiger partial charge < -0.3 is 10.1 Å². The molecule has 5 nitrogen and oxygen atoms in total. The van der Waals surface area contributed by atoms with Crippen LogP contribution in [0.1, 0.15) is 55.3 Å². The van der Waals surface area contributed by atoms with E-state index in [0.717, 1.165) is 16.3 Å². The van der Waals surface area contributed by atoms with Gasteiger partial charge in [0, 0.05) is 41.1 Å². The Morgan fingerprint density at radius 1 is 1.00 bits per heavy atom. The molecule has 1 N–H and O–H groups in total. The number of Topliss-reactive ketones (excluding diaryl/α,β-unsaturated/α-hetero) is 1. The molecular formula is C25H28N2O3S. The Morgan fingerprint density at radius 3 is 2.06 bits per heavy atom. The minimum absolute atomic E-state index is 0.00657. The summed E-state index contributed by atoms with van der Waals surface area (Å²) in [7, 11) is 0. The molecule has 0 unspecified atom stereocenters. The van der Waals surface area contributed by atoms with Gasteiger partial charge in [-0.1, -0.05) is 13.8 Å². The molecule has 0 saturated heterocycles. The van der Waals surface area contributed by atoms with Gasteiger partial charge in [0.25, 0.3) is 0 Å². The number of nitrogens with zero attached hydrogens (tertiary/aromatic N) is 1. The van der Waals surface area contributed by atoms with Gasteiger partial charge in [0.05, 0.1) is 0 Å². The first kappa shape index (κ1) is 22.7. The third kappa shape index (κ3) is 5.79. The van der Waals surface area contributed by atoms with E-state index in [1.807, 2.05) is 51.2 Å². The van der Waals surface area contributed by atoms with E-state index in [-0.39, 0.29) is 18.1 Å². The third-order valence-corrected chi connectivity index (χ3v) is 6.39. The number of ether oxygens (including phenoxy) is 1. The zero-order chi connectivity index (χ0) is 22.4. The van der Waals surface area contributed by atoms with Gasteiger partial charge in [-0.25, -0.2) is 4.98 Å². The number of carbonyl (C=O) groups excluding carboxylic acids is 2. The average Bonchev–Trinajstić information content (AvgIpc) is 3.20. The minimum Gasteiger partial charge on any atom is -0.457 e. The zero-order valence-corrected chi connectivity index (χ0v) is 19.2. The van der Waals surface area contributed by atoms with Crippen LogP contribution in [0.4, 0.5) is 0 Å². The molecule has 0 fully saturated rings. The van der Waals surface area contributed by atoms with Crippen LogP contribution in [0.2, 0.25) is 0 Å². The lowest BCUT2D eigenvalue weighted by molar-refractivity contribution is -0.120. The van der Waals surface area contributed by atoms with E-state index in [2.05, 4.69) is 10.3 Å². The van der Waals surface area contributed by atoms with Gasteiger partial charge in [-0.15, -0.1) is 11.3 Å². The number of hydrogen-bond acceptors (Lipinski definition) is 5. The van der Waals surface area contributed by atoms with E-state index in [4.69, 9.17) is 4.74 Å². The Morgan fingerprint density at radius 2 is 1.58 bits per heavy atom. The van der Waals surface area contributed by atoms with E-state index < -0.39 is 5.54 Å². The maximum atomic E-state index is 12.8. The fourth-order valence-electron chi connectivity index (χ4n) is 3.50. The summed E-state index contributed by atoms with van der Waals surface area (Å²) in [5.41, 5.74) is 1.16. The van der Waals surface area contributed by atoms with Gasteiger partial charge in [-0.05, 0) is 68.3 Å². The van der Waals surface area contributed by atoms with Crippen LogP contribution in [-0.4, -0.2) is 22.2 Å². The second kappa shape index (κ2) is 9.88. The number of benzene rings is 2. The summed E-state index contributed by atoms with van der Waals surface area (Å²) in [6.45, 7) is 7.51. The second-order valence-corrected chi connectivity index (χ2v) is 8.93. The van der Waals surface area contributed by atoms with E-state index >= 15 is 0 Å². The summed E-state index contributed by atoms with van der Waals surface area (Å²) in [6, 6.07) is 14.9. The topological polar surface area (TPSA) is 68.3 Å². The lowest BCUT2D eigenvalue weighted by atomic mass is 9.85. The number of hydrogen-bond donors (Lipinski definition) is 1. The number of nitrogens with one attached hydrogen (secondary N) is 1. The molecule has 3 aromatic rings. The van der Waals surface area contributed by atoms with E-state index in [1.54, 1.807) is 35.6 Å². The molecule has 0 aliphatic heterocycles. The number of ketones is 1. The molecule has 6 heteroatoms. The summed E-state index contributed by atoms with van der Waals surface area (Å²) in [5.74, 6) is 1.27. The van der Waals surface area contributed by atoms with Crippen molar-refractivity contribution < 1.29 is 14.3 Å². The highest BCUT2D eigenvalue weighted by Crippen LogP contribution is 2.29. The lowest BCUT2D eigenvalue weighted by Gasteiger charge is -2.32. The standard InChI is InChI=1S/C25H28N2O3S/c1-5-25(6-2,27-18(4)28)15-23(29)19-7-11-21(12-8-19)30-22-13-9-20(10-14-22)24-26-16-17(3)31-24/h7-14,16H,5-6,15H2,1-4H3,(H,27,28).